The molecule has 2 amide bonds. The number of methoxy groups -OCH3 is 1. The molecule has 0 saturated heterocycles. The summed E-state index contributed by atoms with van der Waals surface area (Å²) in [7, 11) is 1.64. The maximum absolute atomic E-state index is 13.4. The molecule has 34 heavy (non-hydrogen) atoms. The van der Waals surface area contributed by atoms with Gasteiger partial charge in [-0.15, -0.1) is 11.8 Å². The lowest BCUT2D eigenvalue weighted by molar-refractivity contribution is -0.139. The van der Waals surface area contributed by atoms with Gasteiger partial charge in [0.05, 0.1) is 12.9 Å². The first-order valence-electron chi connectivity index (χ1n) is 11.7. The number of ether oxygens (including phenoxy) is 1. The van der Waals surface area contributed by atoms with Crippen molar-refractivity contribution in [2.24, 2.45) is 0 Å². The van der Waals surface area contributed by atoms with E-state index in [4.69, 9.17) is 27.9 Å². The molecule has 0 heterocycles. The molecule has 8 heteroatoms. The topological polar surface area (TPSA) is 58.6 Å². The fraction of sp³-hybridized carbons (Fsp3) is 0.462. The third kappa shape index (κ3) is 7.56. The standard InChI is InChI=1S/C26H32Cl2N2O3S/c1-3-24(26(32)29-21-6-4-5-7-21)30(15-19-10-11-20(27)14-23(19)28)25(31)17-34-16-18-8-12-22(33-2)13-9-18/h8-14,21,24H,3-7,15-17H2,1-2H3,(H,29,32)/t24-/m1/s1. The summed E-state index contributed by atoms with van der Waals surface area (Å²) in [6, 6.07) is 12.7. The number of hydrogen-bond donors (Lipinski definition) is 1. The number of rotatable bonds is 11. The van der Waals surface area contributed by atoms with Crippen molar-refractivity contribution < 1.29 is 14.3 Å². The number of carbonyl (C=O) groups excluding carboxylic acids is 2. The van der Waals surface area contributed by atoms with Crippen molar-refractivity contribution in [3.05, 3.63) is 63.6 Å². The summed E-state index contributed by atoms with van der Waals surface area (Å²) < 4.78 is 5.20. The van der Waals surface area contributed by atoms with Crippen LogP contribution >= 0.6 is 35.0 Å². The second kappa shape index (κ2) is 13.3. The van der Waals surface area contributed by atoms with E-state index in [0.29, 0.717) is 22.2 Å². The van der Waals surface area contributed by atoms with E-state index in [9.17, 15) is 9.59 Å². The third-order valence-corrected chi connectivity index (χ3v) is 7.67. The van der Waals surface area contributed by atoms with Crippen LogP contribution in [0, 0.1) is 0 Å². The Hall–Kier alpha value is -1.89. The van der Waals surface area contributed by atoms with E-state index in [1.807, 2.05) is 37.3 Å². The first kappa shape index (κ1) is 26.7. The predicted molar refractivity (Wildman–Crippen MR) is 141 cm³/mol. The maximum Gasteiger partial charge on any atom is 0.243 e. The van der Waals surface area contributed by atoms with E-state index in [0.717, 1.165) is 42.6 Å². The van der Waals surface area contributed by atoms with Crippen LogP contribution in [0.5, 0.6) is 5.75 Å². The Kier molecular flexibility index (Phi) is 10.4. The zero-order valence-corrected chi connectivity index (χ0v) is 22.0. The van der Waals surface area contributed by atoms with Gasteiger partial charge in [-0.25, -0.2) is 0 Å². The summed E-state index contributed by atoms with van der Waals surface area (Å²) in [4.78, 5) is 28.2. The summed E-state index contributed by atoms with van der Waals surface area (Å²) in [5, 5.41) is 4.18. The van der Waals surface area contributed by atoms with Crippen molar-refractivity contribution in [2.75, 3.05) is 12.9 Å². The largest absolute Gasteiger partial charge is 0.497 e. The molecule has 1 atom stereocenters. The molecular weight excluding hydrogens is 491 g/mol. The molecular formula is C26H32Cl2N2O3S. The van der Waals surface area contributed by atoms with Crippen molar-refractivity contribution in [1.82, 2.24) is 10.2 Å². The molecule has 0 aliphatic heterocycles. The minimum Gasteiger partial charge on any atom is -0.497 e. The number of carbonyl (C=O) groups is 2. The Bertz CT molecular complexity index is 965. The molecule has 0 radical (unpaired) electrons. The van der Waals surface area contributed by atoms with Crippen LogP contribution in [0.4, 0.5) is 0 Å². The molecule has 1 aliphatic carbocycles. The van der Waals surface area contributed by atoms with Crippen molar-refractivity contribution in [2.45, 2.75) is 63.4 Å². The quantitative estimate of drug-likeness (QED) is 0.387. The number of amides is 2. The molecule has 184 valence electrons. The second-order valence-electron chi connectivity index (χ2n) is 8.51. The molecule has 0 bridgehead atoms. The molecule has 5 nitrogen and oxygen atoms in total. The monoisotopic (exact) mass is 522 g/mol. The number of hydrogen-bond acceptors (Lipinski definition) is 4. The summed E-state index contributed by atoms with van der Waals surface area (Å²) in [5.41, 5.74) is 1.88. The first-order chi connectivity index (χ1) is 16.4. The number of halogens is 2. The smallest absolute Gasteiger partial charge is 0.243 e. The predicted octanol–water partition coefficient (Wildman–Crippen LogP) is 6.10. The average Bonchev–Trinajstić information content (AvgIpc) is 3.33. The van der Waals surface area contributed by atoms with E-state index in [2.05, 4.69) is 5.32 Å². The maximum atomic E-state index is 13.4. The number of thioether (sulfide) groups is 1. The van der Waals surface area contributed by atoms with Gasteiger partial charge in [-0.05, 0) is 54.7 Å². The molecule has 0 aromatic heterocycles. The summed E-state index contributed by atoms with van der Waals surface area (Å²) in [5.74, 6) is 1.58. The number of nitrogens with zero attached hydrogens (tertiary/aromatic N) is 1. The fourth-order valence-electron chi connectivity index (χ4n) is 4.18. The molecule has 2 aromatic carbocycles. The van der Waals surface area contributed by atoms with Crippen LogP contribution in [0.1, 0.15) is 50.2 Å². The lowest BCUT2D eigenvalue weighted by Crippen LogP contribution is -2.51. The normalized spacial score (nSPS) is 14.6. The van der Waals surface area contributed by atoms with Crippen LogP contribution < -0.4 is 10.1 Å². The van der Waals surface area contributed by atoms with E-state index in [-0.39, 0.29) is 30.2 Å². The van der Waals surface area contributed by atoms with Crippen LogP contribution in [-0.2, 0) is 21.9 Å². The molecule has 2 aromatic rings. The summed E-state index contributed by atoms with van der Waals surface area (Å²) in [6.07, 6.45) is 4.78. The number of benzene rings is 2. The summed E-state index contributed by atoms with van der Waals surface area (Å²) in [6.45, 7) is 2.20. The molecule has 1 fully saturated rings. The zero-order chi connectivity index (χ0) is 24.5. The molecule has 0 spiro atoms. The van der Waals surface area contributed by atoms with Gasteiger partial charge in [-0.1, -0.05) is 61.2 Å². The molecule has 1 aliphatic rings. The minimum absolute atomic E-state index is 0.0852. The minimum atomic E-state index is -0.554. The van der Waals surface area contributed by atoms with Gasteiger partial charge < -0.3 is 15.0 Å². The molecule has 0 unspecified atom stereocenters. The van der Waals surface area contributed by atoms with Gasteiger partial charge in [0.2, 0.25) is 11.8 Å². The summed E-state index contributed by atoms with van der Waals surface area (Å²) >= 11 is 14.0. The molecule has 3 rings (SSSR count). The van der Waals surface area contributed by atoms with Crippen LogP contribution in [0.15, 0.2) is 42.5 Å². The average molecular weight is 524 g/mol. The van der Waals surface area contributed by atoms with Crippen LogP contribution in [-0.4, -0.2) is 41.7 Å². The third-order valence-electron chi connectivity index (χ3n) is 6.10. The lowest BCUT2D eigenvalue weighted by atomic mass is 10.1. The van der Waals surface area contributed by atoms with Gasteiger partial charge in [0.1, 0.15) is 11.8 Å². The zero-order valence-electron chi connectivity index (χ0n) is 19.7. The Morgan fingerprint density at radius 1 is 1.15 bits per heavy atom. The molecule has 1 saturated carbocycles. The Morgan fingerprint density at radius 3 is 2.47 bits per heavy atom. The Balaban J connectivity index is 1.71. The highest BCUT2D eigenvalue weighted by Crippen LogP contribution is 2.25. The van der Waals surface area contributed by atoms with Gasteiger partial charge in [0.15, 0.2) is 0 Å². The molecule has 1 N–H and O–H groups in total. The highest BCUT2D eigenvalue weighted by atomic mass is 35.5. The number of nitrogens with one attached hydrogen (secondary N) is 1. The highest BCUT2D eigenvalue weighted by Gasteiger charge is 2.30. The van der Waals surface area contributed by atoms with Gasteiger partial charge >= 0.3 is 0 Å². The van der Waals surface area contributed by atoms with E-state index in [1.54, 1.807) is 24.1 Å². The lowest BCUT2D eigenvalue weighted by Gasteiger charge is -2.31. The first-order valence-corrected chi connectivity index (χ1v) is 13.6. The van der Waals surface area contributed by atoms with Crippen molar-refractivity contribution in [3.63, 3.8) is 0 Å². The van der Waals surface area contributed by atoms with Crippen molar-refractivity contribution in [3.8, 4) is 5.75 Å². The van der Waals surface area contributed by atoms with Crippen LogP contribution in [0.25, 0.3) is 0 Å². The Morgan fingerprint density at radius 2 is 1.85 bits per heavy atom. The van der Waals surface area contributed by atoms with Crippen molar-refractivity contribution >= 4 is 46.8 Å². The van der Waals surface area contributed by atoms with E-state index >= 15 is 0 Å². The van der Waals surface area contributed by atoms with Crippen molar-refractivity contribution in [1.29, 1.82) is 0 Å². The van der Waals surface area contributed by atoms with Gasteiger partial charge in [0, 0.05) is 28.4 Å². The van der Waals surface area contributed by atoms with Gasteiger partial charge in [-0.3, -0.25) is 9.59 Å². The highest BCUT2D eigenvalue weighted by molar-refractivity contribution is 7.99. The van der Waals surface area contributed by atoms with Gasteiger partial charge in [0.25, 0.3) is 0 Å². The fourth-order valence-corrected chi connectivity index (χ4v) is 5.52. The van der Waals surface area contributed by atoms with Gasteiger partial charge in [-0.2, -0.15) is 0 Å². The van der Waals surface area contributed by atoms with E-state index in [1.165, 1.54) is 11.8 Å². The van der Waals surface area contributed by atoms with Crippen LogP contribution in [0.2, 0.25) is 10.0 Å². The SMILES string of the molecule is CC[C@H](C(=O)NC1CCCC1)N(Cc1ccc(Cl)cc1Cl)C(=O)CSCc1ccc(OC)cc1. The second-order valence-corrected chi connectivity index (χ2v) is 10.3. The van der Waals surface area contributed by atoms with Crippen LogP contribution in [0.3, 0.4) is 0 Å². The van der Waals surface area contributed by atoms with E-state index < -0.39 is 6.04 Å². The Labute approximate surface area is 216 Å².